The third-order valence-electron chi connectivity index (χ3n) is 2.05. The van der Waals surface area contributed by atoms with Crippen molar-refractivity contribution in [2.24, 2.45) is 5.73 Å². The average molecular weight is 189 g/mol. The monoisotopic (exact) mass is 189 g/mol. The van der Waals surface area contributed by atoms with Crippen molar-refractivity contribution in [2.75, 3.05) is 13.7 Å². The van der Waals surface area contributed by atoms with Crippen LogP contribution in [0.4, 0.5) is 0 Å². The van der Waals surface area contributed by atoms with Gasteiger partial charge < -0.3 is 10.5 Å². The molecule has 0 aliphatic rings. The predicted octanol–water partition coefficient (Wildman–Crippen LogP) is 1.91. The van der Waals surface area contributed by atoms with E-state index in [1.54, 1.807) is 7.11 Å². The fourth-order valence-electron chi connectivity index (χ4n) is 1.24. The summed E-state index contributed by atoms with van der Waals surface area (Å²) < 4.78 is 5.13. The molecular formula is C12H15NO. The molecule has 1 aromatic rings. The largest absolute Gasteiger partial charge is 0.497 e. The van der Waals surface area contributed by atoms with Crippen molar-refractivity contribution >= 4 is 0 Å². The van der Waals surface area contributed by atoms with Crippen molar-refractivity contribution in [1.29, 1.82) is 0 Å². The summed E-state index contributed by atoms with van der Waals surface area (Å²) in [6, 6.07) is 7.91. The highest BCUT2D eigenvalue weighted by Crippen LogP contribution is 2.14. The Morgan fingerprint density at radius 3 is 2.93 bits per heavy atom. The summed E-state index contributed by atoms with van der Waals surface area (Å²) in [5, 5.41) is 0. The SMILES string of the molecule is C=C=C(CN)Cc1cccc(OC)c1. The van der Waals surface area contributed by atoms with Gasteiger partial charge in [-0.15, -0.1) is 5.73 Å². The first-order chi connectivity index (χ1) is 6.80. The second-order valence-corrected chi connectivity index (χ2v) is 3.01. The van der Waals surface area contributed by atoms with Crippen LogP contribution in [0.5, 0.6) is 5.75 Å². The molecule has 0 saturated carbocycles. The number of ether oxygens (including phenoxy) is 1. The summed E-state index contributed by atoms with van der Waals surface area (Å²) in [5.41, 5.74) is 10.5. The topological polar surface area (TPSA) is 35.2 Å². The van der Waals surface area contributed by atoms with Crippen LogP contribution < -0.4 is 10.5 Å². The Balaban J connectivity index is 2.81. The molecule has 0 spiro atoms. The molecule has 0 aromatic heterocycles. The lowest BCUT2D eigenvalue weighted by Crippen LogP contribution is -2.04. The molecule has 0 radical (unpaired) electrons. The van der Waals surface area contributed by atoms with Gasteiger partial charge >= 0.3 is 0 Å². The van der Waals surface area contributed by atoms with E-state index in [-0.39, 0.29) is 0 Å². The van der Waals surface area contributed by atoms with Gasteiger partial charge in [0, 0.05) is 13.0 Å². The van der Waals surface area contributed by atoms with Gasteiger partial charge in [-0.2, -0.15) is 0 Å². The molecule has 0 saturated heterocycles. The standard InChI is InChI=1S/C12H15NO/c1-3-10(9-13)7-11-5-4-6-12(8-11)14-2/h4-6,8H,1,7,9,13H2,2H3. The van der Waals surface area contributed by atoms with Gasteiger partial charge in [-0.1, -0.05) is 18.7 Å². The summed E-state index contributed by atoms with van der Waals surface area (Å²) in [4.78, 5) is 0. The molecular weight excluding hydrogens is 174 g/mol. The first-order valence-corrected chi connectivity index (χ1v) is 4.51. The summed E-state index contributed by atoms with van der Waals surface area (Å²) >= 11 is 0. The van der Waals surface area contributed by atoms with E-state index in [0.29, 0.717) is 6.54 Å². The van der Waals surface area contributed by atoms with Crippen LogP contribution in [0.1, 0.15) is 5.56 Å². The smallest absolute Gasteiger partial charge is 0.119 e. The van der Waals surface area contributed by atoms with E-state index in [9.17, 15) is 0 Å². The molecule has 0 fully saturated rings. The molecule has 2 nitrogen and oxygen atoms in total. The van der Waals surface area contributed by atoms with Crippen LogP contribution in [0.15, 0.2) is 42.1 Å². The van der Waals surface area contributed by atoms with Crippen molar-refractivity contribution in [1.82, 2.24) is 0 Å². The van der Waals surface area contributed by atoms with Gasteiger partial charge in [0.1, 0.15) is 5.75 Å². The molecule has 0 aliphatic heterocycles. The van der Waals surface area contributed by atoms with Gasteiger partial charge in [-0.25, -0.2) is 0 Å². The van der Waals surface area contributed by atoms with E-state index in [4.69, 9.17) is 10.5 Å². The minimum atomic E-state index is 0.501. The number of hydrogen-bond donors (Lipinski definition) is 1. The first kappa shape index (κ1) is 10.6. The third-order valence-corrected chi connectivity index (χ3v) is 2.05. The van der Waals surface area contributed by atoms with E-state index < -0.39 is 0 Å². The number of methoxy groups -OCH3 is 1. The number of hydrogen-bond acceptors (Lipinski definition) is 2. The lowest BCUT2D eigenvalue weighted by Gasteiger charge is -2.04. The van der Waals surface area contributed by atoms with Gasteiger partial charge in [-0.05, 0) is 23.3 Å². The molecule has 74 valence electrons. The zero-order chi connectivity index (χ0) is 10.4. The first-order valence-electron chi connectivity index (χ1n) is 4.51. The van der Waals surface area contributed by atoms with Gasteiger partial charge in [0.15, 0.2) is 0 Å². The maximum atomic E-state index is 5.53. The highest BCUT2D eigenvalue weighted by atomic mass is 16.5. The molecule has 2 heteroatoms. The highest BCUT2D eigenvalue weighted by Gasteiger charge is 1.98. The molecule has 1 rings (SSSR count). The lowest BCUT2D eigenvalue weighted by atomic mass is 10.1. The van der Waals surface area contributed by atoms with E-state index in [1.807, 2.05) is 24.3 Å². The maximum Gasteiger partial charge on any atom is 0.119 e. The van der Waals surface area contributed by atoms with Gasteiger partial charge in [0.2, 0.25) is 0 Å². The molecule has 0 unspecified atom stereocenters. The van der Waals surface area contributed by atoms with Crippen LogP contribution >= 0.6 is 0 Å². The molecule has 0 aliphatic carbocycles. The second-order valence-electron chi connectivity index (χ2n) is 3.01. The minimum absolute atomic E-state index is 0.501. The summed E-state index contributed by atoms with van der Waals surface area (Å²) in [6.45, 7) is 4.10. The number of benzene rings is 1. The molecule has 0 atom stereocenters. The molecule has 2 N–H and O–H groups in total. The van der Waals surface area contributed by atoms with E-state index in [2.05, 4.69) is 12.3 Å². The van der Waals surface area contributed by atoms with Gasteiger partial charge in [0.05, 0.1) is 7.11 Å². The van der Waals surface area contributed by atoms with Crippen molar-refractivity contribution in [3.63, 3.8) is 0 Å². The Bertz CT molecular complexity index is 351. The summed E-state index contributed by atoms with van der Waals surface area (Å²) in [5.74, 6) is 0.864. The fourth-order valence-corrected chi connectivity index (χ4v) is 1.24. The normalized spacial score (nSPS) is 9.29. The van der Waals surface area contributed by atoms with Crippen LogP contribution in [0.3, 0.4) is 0 Å². The van der Waals surface area contributed by atoms with Crippen LogP contribution in [0.2, 0.25) is 0 Å². The highest BCUT2D eigenvalue weighted by molar-refractivity contribution is 5.31. The molecule has 0 amide bonds. The van der Waals surface area contributed by atoms with Crippen LogP contribution in [-0.4, -0.2) is 13.7 Å². The molecule has 0 bridgehead atoms. The van der Waals surface area contributed by atoms with Crippen molar-refractivity contribution in [3.8, 4) is 5.75 Å². The maximum absolute atomic E-state index is 5.53. The summed E-state index contributed by atoms with van der Waals surface area (Å²) in [7, 11) is 1.66. The van der Waals surface area contributed by atoms with Crippen LogP contribution in [0.25, 0.3) is 0 Å². The number of rotatable bonds is 4. The Kier molecular flexibility index (Phi) is 3.99. The van der Waals surface area contributed by atoms with Gasteiger partial charge in [-0.3, -0.25) is 0 Å². The zero-order valence-electron chi connectivity index (χ0n) is 8.42. The Morgan fingerprint density at radius 1 is 1.57 bits per heavy atom. The average Bonchev–Trinajstić information content (AvgIpc) is 2.26. The lowest BCUT2D eigenvalue weighted by molar-refractivity contribution is 0.414. The number of nitrogens with two attached hydrogens (primary N) is 1. The van der Waals surface area contributed by atoms with Crippen molar-refractivity contribution in [3.05, 3.63) is 47.7 Å². The zero-order valence-corrected chi connectivity index (χ0v) is 8.42. The van der Waals surface area contributed by atoms with Crippen molar-refractivity contribution in [2.45, 2.75) is 6.42 Å². The van der Waals surface area contributed by atoms with E-state index in [1.165, 1.54) is 5.56 Å². The predicted molar refractivity (Wildman–Crippen MR) is 58.4 cm³/mol. The van der Waals surface area contributed by atoms with Crippen molar-refractivity contribution < 1.29 is 4.74 Å². The quantitative estimate of drug-likeness (QED) is 0.734. The van der Waals surface area contributed by atoms with E-state index >= 15 is 0 Å². The molecule has 14 heavy (non-hydrogen) atoms. The van der Waals surface area contributed by atoms with Gasteiger partial charge in [0.25, 0.3) is 0 Å². The summed E-state index contributed by atoms with van der Waals surface area (Å²) in [6.07, 6.45) is 0.789. The Labute approximate surface area is 84.7 Å². The third kappa shape index (κ3) is 2.77. The molecule has 1 aromatic carbocycles. The second kappa shape index (κ2) is 5.28. The van der Waals surface area contributed by atoms with Crippen LogP contribution in [-0.2, 0) is 6.42 Å². The fraction of sp³-hybridized carbons (Fsp3) is 0.250. The Hall–Kier alpha value is -1.50. The minimum Gasteiger partial charge on any atom is -0.497 e. The Morgan fingerprint density at radius 2 is 2.36 bits per heavy atom. The molecule has 0 heterocycles. The van der Waals surface area contributed by atoms with E-state index in [0.717, 1.165) is 17.7 Å². The van der Waals surface area contributed by atoms with Crippen LogP contribution in [0, 0.1) is 0 Å².